The number of nitrogens with zero attached hydrogens (tertiary/aromatic N) is 1. The summed E-state index contributed by atoms with van der Waals surface area (Å²) in [6, 6.07) is 0. The minimum atomic E-state index is -0.793. The lowest BCUT2D eigenvalue weighted by Crippen LogP contribution is -2.52. The molecule has 2 N–H and O–H groups in total. The van der Waals surface area contributed by atoms with Gasteiger partial charge in [0.25, 0.3) is 0 Å². The van der Waals surface area contributed by atoms with Gasteiger partial charge in [-0.05, 0) is 38.1 Å². The van der Waals surface area contributed by atoms with Gasteiger partial charge in [0.05, 0.1) is 0 Å². The Bertz CT molecular complexity index is 273. The van der Waals surface area contributed by atoms with Crippen LogP contribution in [-0.2, 0) is 4.79 Å². The highest BCUT2D eigenvalue weighted by molar-refractivity contribution is 5.78. The van der Waals surface area contributed by atoms with Crippen LogP contribution in [0.25, 0.3) is 0 Å². The van der Waals surface area contributed by atoms with Crippen molar-refractivity contribution in [3.8, 4) is 0 Å². The van der Waals surface area contributed by atoms with Crippen molar-refractivity contribution in [3.63, 3.8) is 0 Å². The first-order chi connectivity index (χ1) is 8.37. The highest BCUT2D eigenvalue weighted by Gasteiger charge is 2.33. The highest BCUT2D eigenvalue weighted by Crippen LogP contribution is 2.22. The normalized spacial score (nSPS) is 28.9. The topological polar surface area (TPSA) is 52.6 Å². The summed E-state index contributed by atoms with van der Waals surface area (Å²) in [5.74, 6) is 0.704. The van der Waals surface area contributed by atoms with Crippen LogP contribution < -0.4 is 5.32 Å². The number of carboxylic acids is 1. The molecule has 1 aliphatic rings. The summed E-state index contributed by atoms with van der Waals surface area (Å²) in [5.41, 5.74) is -0.793. The Morgan fingerprint density at radius 2 is 1.94 bits per heavy atom. The Balaban J connectivity index is 2.49. The number of hydrogen-bond donors (Lipinski definition) is 2. The molecular weight excluding hydrogens is 228 g/mol. The maximum atomic E-state index is 11.3. The van der Waals surface area contributed by atoms with Crippen LogP contribution in [0.2, 0.25) is 0 Å². The number of aliphatic carboxylic acids is 1. The minimum absolute atomic E-state index is 0.662. The molecule has 1 saturated heterocycles. The summed E-state index contributed by atoms with van der Waals surface area (Å²) < 4.78 is 0. The van der Waals surface area contributed by atoms with E-state index in [-0.39, 0.29) is 0 Å². The number of hydrogen-bond acceptors (Lipinski definition) is 3. The van der Waals surface area contributed by atoms with E-state index in [9.17, 15) is 9.90 Å². The van der Waals surface area contributed by atoms with Crippen LogP contribution in [0.4, 0.5) is 0 Å². The van der Waals surface area contributed by atoms with E-state index in [1.807, 2.05) is 6.92 Å². The number of nitrogens with one attached hydrogen (secondary N) is 1. The maximum absolute atomic E-state index is 11.3. The Hall–Kier alpha value is -0.610. The molecule has 0 aromatic rings. The second-order valence-electron chi connectivity index (χ2n) is 6.12. The van der Waals surface area contributed by atoms with E-state index >= 15 is 0 Å². The molecule has 0 saturated carbocycles. The maximum Gasteiger partial charge on any atom is 0.323 e. The SMILES string of the molecule is CCNC(C)(CCN1CC(C)CC(C)C1)C(=O)O. The van der Waals surface area contributed by atoms with Crippen molar-refractivity contribution in [2.24, 2.45) is 11.8 Å². The number of rotatable bonds is 6. The van der Waals surface area contributed by atoms with Crippen molar-refractivity contribution in [2.45, 2.75) is 46.1 Å². The van der Waals surface area contributed by atoms with Crippen molar-refractivity contribution in [3.05, 3.63) is 0 Å². The van der Waals surface area contributed by atoms with E-state index in [4.69, 9.17) is 0 Å². The van der Waals surface area contributed by atoms with Gasteiger partial charge in [-0.15, -0.1) is 0 Å². The fourth-order valence-corrected chi connectivity index (χ4v) is 3.02. The number of piperidine rings is 1. The zero-order valence-corrected chi connectivity index (χ0v) is 12.2. The lowest BCUT2D eigenvalue weighted by atomic mass is 9.90. The zero-order chi connectivity index (χ0) is 13.8. The quantitative estimate of drug-likeness (QED) is 0.761. The summed E-state index contributed by atoms with van der Waals surface area (Å²) in [6.45, 7) is 12.1. The van der Waals surface area contributed by atoms with Gasteiger partial charge in [0.2, 0.25) is 0 Å². The molecule has 1 heterocycles. The molecule has 18 heavy (non-hydrogen) atoms. The molecule has 0 spiro atoms. The van der Waals surface area contributed by atoms with Gasteiger partial charge in [0.15, 0.2) is 0 Å². The number of likely N-dealkylation sites (N-methyl/N-ethyl adjacent to an activating group) is 1. The van der Waals surface area contributed by atoms with E-state index < -0.39 is 11.5 Å². The van der Waals surface area contributed by atoms with E-state index in [1.54, 1.807) is 6.92 Å². The Labute approximate surface area is 111 Å². The summed E-state index contributed by atoms with van der Waals surface area (Å²) in [6.07, 6.45) is 1.95. The smallest absolute Gasteiger partial charge is 0.323 e. The molecule has 1 rings (SSSR count). The number of carbonyl (C=O) groups is 1. The molecule has 0 aromatic heterocycles. The molecular formula is C14H28N2O2. The van der Waals surface area contributed by atoms with Gasteiger partial charge in [-0.2, -0.15) is 0 Å². The lowest BCUT2D eigenvalue weighted by molar-refractivity contribution is -0.144. The second kappa shape index (κ2) is 6.53. The molecule has 0 radical (unpaired) electrons. The molecule has 1 aliphatic heterocycles. The van der Waals surface area contributed by atoms with Gasteiger partial charge in [-0.3, -0.25) is 4.79 Å². The summed E-state index contributed by atoms with van der Waals surface area (Å²) >= 11 is 0. The van der Waals surface area contributed by atoms with Gasteiger partial charge >= 0.3 is 5.97 Å². The van der Waals surface area contributed by atoms with Crippen LogP contribution >= 0.6 is 0 Å². The molecule has 4 heteroatoms. The molecule has 106 valence electrons. The van der Waals surface area contributed by atoms with Gasteiger partial charge < -0.3 is 15.3 Å². The molecule has 0 aliphatic carbocycles. The van der Waals surface area contributed by atoms with E-state index in [2.05, 4.69) is 24.1 Å². The molecule has 4 nitrogen and oxygen atoms in total. The van der Waals surface area contributed by atoms with Crippen molar-refractivity contribution >= 4 is 5.97 Å². The zero-order valence-electron chi connectivity index (χ0n) is 12.2. The number of carboxylic acid groups (broad SMARTS) is 1. The predicted molar refractivity (Wildman–Crippen MR) is 73.7 cm³/mol. The summed E-state index contributed by atoms with van der Waals surface area (Å²) in [5, 5.41) is 12.4. The van der Waals surface area contributed by atoms with E-state index in [0.29, 0.717) is 13.0 Å². The first-order valence-corrected chi connectivity index (χ1v) is 7.08. The van der Waals surface area contributed by atoms with Gasteiger partial charge in [-0.25, -0.2) is 0 Å². The molecule has 0 amide bonds. The molecule has 0 aromatic carbocycles. The third kappa shape index (κ3) is 4.25. The first-order valence-electron chi connectivity index (χ1n) is 7.08. The van der Waals surface area contributed by atoms with Crippen LogP contribution in [0.1, 0.15) is 40.5 Å². The van der Waals surface area contributed by atoms with E-state index in [0.717, 1.165) is 31.5 Å². The van der Waals surface area contributed by atoms with Crippen LogP contribution in [0.3, 0.4) is 0 Å². The van der Waals surface area contributed by atoms with Crippen LogP contribution in [0, 0.1) is 11.8 Å². The summed E-state index contributed by atoms with van der Waals surface area (Å²) in [7, 11) is 0. The van der Waals surface area contributed by atoms with Gasteiger partial charge in [0, 0.05) is 19.6 Å². The largest absolute Gasteiger partial charge is 0.480 e. The Morgan fingerprint density at radius 1 is 1.39 bits per heavy atom. The van der Waals surface area contributed by atoms with Crippen LogP contribution in [0.5, 0.6) is 0 Å². The minimum Gasteiger partial charge on any atom is -0.480 e. The fourth-order valence-electron chi connectivity index (χ4n) is 3.02. The molecule has 0 bridgehead atoms. The monoisotopic (exact) mass is 256 g/mol. The lowest BCUT2D eigenvalue weighted by Gasteiger charge is -2.37. The fraction of sp³-hybridized carbons (Fsp3) is 0.929. The predicted octanol–water partition coefficient (Wildman–Crippen LogP) is 1.81. The average molecular weight is 256 g/mol. The van der Waals surface area contributed by atoms with Crippen LogP contribution in [0.15, 0.2) is 0 Å². The van der Waals surface area contributed by atoms with Crippen molar-refractivity contribution < 1.29 is 9.90 Å². The Morgan fingerprint density at radius 3 is 2.39 bits per heavy atom. The van der Waals surface area contributed by atoms with Crippen LogP contribution in [-0.4, -0.2) is 47.7 Å². The molecule has 1 fully saturated rings. The number of likely N-dealkylation sites (tertiary alicyclic amines) is 1. The standard InChI is InChI=1S/C14H28N2O2/c1-5-15-14(4,13(17)18)6-7-16-9-11(2)8-12(3)10-16/h11-12,15H,5-10H2,1-4H3,(H,17,18). The summed E-state index contributed by atoms with van der Waals surface area (Å²) in [4.78, 5) is 13.7. The second-order valence-corrected chi connectivity index (χ2v) is 6.12. The highest BCUT2D eigenvalue weighted by atomic mass is 16.4. The van der Waals surface area contributed by atoms with Crippen molar-refractivity contribution in [2.75, 3.05) is 26.2 Å². The van der Waals surface area contributed by atoms with Crippen molar-refractivity contribution in [1.82, 2.24) is 10.2 Å². The van der Waals surface area contributed by atoms with Crippen molar-refractivity contribution in [1.29, 1.82) is 0 Å². The molecule has 3 atom stereocenters. The van der Waals surface area contributed by atoms with Gasteiger partial charge in [0.1, 0.15) is 5.54 Å². The molecule has 3 unspecified atom stereocenters. The van der Waals surface area contributed by atoms with E-state index in [1.165, 1.54) is 6.42 Å². The third-order valence-corrected chi connectivity index (χ3v) is 3.91. The van der Waals surface area contributed by atoms with Gasteiger partial charge in [-0.1, -0.05) is 20.8 Å². The average Bonchev–Trinajstić information content (AvgIpc) is 2.25. The first kappa shape index (κ1) is 15.4. The Kier molecular flexibility index (Phi) is 5.60. The third-order valence-electron chi connectivity index (χ3n) is 3.91.